The first-order valence-electron chi connectivity index (χ1n) is 12.2. The predicted octanol–water partition coefficient (Wildman–Crippen LogP) is 5.89. The second-order valence-electron chi connectivity index (χ2n) is 9.24. The molecular formula is C26H32Cl2F3N3O4S. The van der Waals surface area contributed by atoms with Gasteiger partial charge in [0.2, 0.25) is 21.8 Å². The van der Waals surface area contributed by atoms with Crippen molar-refractivity contribution in [2.75, 3.05) is 17.1 Å². The number of hydrogen-bond acceptors (Lipinski definition) is 4. The predicted molar refractivity (Wildman–Crippen MR) is 147 cm³/mol. The van der Waals surface area contributed by atoms with Crippen LogP contribution in [0.4, 0.5) is 18.9 Å². The van der Waals surface area contributed by atoms with Gasteiger partial charge in [0.15, 0.2) is 0 Å². The number of nitrogens with zero attached hydrogens (tertiary/aromatic N) is 2. The summed E-state index contributed by atoms with van der Waals surface area (Å²) < 4.78 is 65.2. The number of benzene rings is 2. The van der Waals surface area contributed by atoms with E-state index < -0.39 is 33.7 Å². The van der Waals surface area contributed by atoms with E-state index in [9.17, 15) is 31.2 Å². The molecule has 0 fully saturated rings. The first kappa shape index (κ1) is 32.7. The molecule has 7 nitrogen and oxygen atoms in total. The SMILES string of the molecule is CC[C@@H](C)NC(=O)[C@H](C)N(Cc1ccc(Cl)cc1Cl)C(=O)CCCN(c1cccc(C(F)(F)F)c1)S(C)(=O)=O. The summed E-state index contributed by atoms with van der Waals surface area (Å²) in [7, 11) is -3.96. The molecule has 0 aliphatic rings. The van der Waals surface area contributed by atoms with E-state index in [0.717, 1.165) is 28.8 Å². The van der Waals surface area contributed by atoms with Crippen molar-refractivity contribution in [3.63, 3.8) is 0 Å². The largest absolute Gasteiger partial charge is 0.416 e. The molecule has 13 heteroatoms. The van der Waals surface area contributed by atoms with Crippen molar-refractivity contribution in [2.45, 2.75) is 64.8 Å². The van der Waals surface area contributed by atoms with Gasteiger partial charge in [-0.2, -0.15) is 13.2 Å². The number of rotatable bonds is 12. The second kappa shape index (κ2) is 13.7. The third-order valence-corrected chi connectivity index (χ3v) is 7.92. The van der Waals surface area contributed by atoms with Crippen LogP contribution in [0.3, 0.4) is 0 Å². The van der Waals surface area contributed by atoms with Crippen molar-refractivity contribution in [2.24, 2.45) is 0 Å². The van der Waals surface area contributed by atoms with E-state index in [-0.39, 0.29) is 43.6 Å². The first-order valence-corrected chi connectivity index (χ1v) is 14.8. The number of carbonyl (C=O) groups is 2. The maximum atomic E-state index is 13.3. The minimum atomic E-state index is -4.65. The first-order chi connectivity index (χ1) is 18.0. The Hall–Kier alpha value is -2.50. The Morgan fingerprint density at radius 1 is 1.08 bits per heavy atom. The van der Waals surface area contributed by atoms with E-state index in [0.29, 0.717) is 22.0 Å². The molecule has 0 aliphatic carbocycles. The van der Waals surface area contributed by atoms with Gasteiger partial charge in [-0.1, -0.05) is 42.3 Å². The monoisotopic (exact) mass is 609 g/mol. The third-order valence-electron chi connectivity index (χ3n) is 6.14. The van der Waals surface area contributed by atoms with Crippen molar-refractivity contribution in [3.05, 3.63) is 63.6 Å². The molecule has 0 aromatic heterocycles. The fourth-order valence-corrected chi connectivity index (χ4v) is 5.15. The number of anilines is 1. The molecule has 0 spiro atoms. The second-order valence-corrected chi connectivity index (χ2v) is 12.0. The van der Waals surface area contributed by atoms with Crippen LogP contribution in [0.15, 0.2) is 42.5 Å². The molecule has 0 bridgehead atoms. The number of amides is 2. The summed E-state index contributed by atoms with van der Waals surface area (Å²) in [6.45, 7) is 5.07. The molecular weight excluding hydrogens is 578 g/mol. The van der Waals surface area contributed by atoms with E-state index in [1.165, 1.54) is 17.0 Å². The zero-order valence-electron chi connectivity index (χ0n) is 22.1. The fourth-order valence-electron chi connectivity index (χ4n) is 3.72. The van der Waals surface area contributed by atoms with Crippen molar-refractivity contribution in [1.82, 2.24) is 10.2 Å². The third kappa shape index (κ3) is 9.58. The zero-order chi connectivity index (χ0) is 29.5. The van der Waals surface area contributed by atoms with Crippen LogP contribution >= 0.6 is 23.2 Å². The smallest absolute Gasteiger partial charge is 0.352 e. The van der Waals surface area contributed by atoms with Gasteiger partial charge in [-0.25, -0.2) is 8.42 Å². The standard InChI is InChI=1S/C26H32Cl2F3N3O4S/c1-5-17(2)32-25(36)18(3)33(16-19-11-12-21(27)15-23(19)28)24(35)10-7-13-34(39(4,37)38)22-9-6-8-20(14-22)26(29,30)31/h6,8-9,11-12,14-15,17-18H,5,7,10,13,16H2,1-4H3,(H,32,36)/t17-,18+/m1/s1. The Morgan fingerprint density at radius 3 is 2.31 bits per heavy atom. The lowest BCUT2D eigenvalue weighted by Gasteiger charge is -2.30. The maximum absolute atomic E-state index is 13.3. The quantitative estimate of drug-likeness (QED) is 0.325. The number of sulfonamides is 1. The molecule has 2 aromatic carbocycles. The number of hydrogen-bond donors (Lipinski definition) is 1. The summed E-state index contributed by atoms with van der Waals surface area (Å²) in [6.07, 6.45) is -3.26. The van der Waals surface area contributed by atoms with Crippen LogP contribution in [0.2, 0.25) is 10.0 Å². The minimum absolute atomic E-state index is 0.00660. The van der Waals surface area contributed by atoms with Gasteiger partial charge in [-0.05, 0) is 62.6 Å². The summed E-state index contributed by atoms with van der Waals surface area (Å²) in [5.74, 6) is -0.824. The molecule has 0 radical (unpaired) electrons. The average molecular weight is 611 g/mol. The highest BCUT2D eigenvalue weighted by Crippen LogP contribution is 2.32. The van der Waals surface area contributed by atoms with Crippen molar-refractivity contribution in [3.8, 4) is 0 Å². The van der Waals surface area contributed by atoms with Gasteiger partial charge in [0, 0.05) is 35.6 Å². The van der Waals surface area contributed by atoms with Crippen LogP contribution < -0.4 is 9.62 Å². The lowest BCUT2D eigenvalue weighted by molar-refractivity contribution is -0.140. The molecule has 0 saturated heterocycles. The fraction of sp³-hybridized carbons (Fsp3) is 0.462. The highest BCUT2D eigenvalue weighted by Gasteiger charge is 2.32. The molecule has 2 atom stereocenters. The van der Waals surface area contributed by atoms with E-state index in [4.69, 9.17) is 23.2 Å². The molecule has 0 heterocycles. The van der Waals surface area contributed by atoms with Gasteiger partial charge in [-0.3, -0.25) is 13.9 Å². The summed E-state index contributed by atoms with van der Waals surface area (Å²) in [5, 5.41) is 3.55. The molecule has 39 heavy (non-hydrogen) atoms. The Balaban J connectivity index is 2.25. The number of halogens is 5. The molecule has 0 saturated carbocycles. The molecule has 216 valence electrons. The molecule has 0 unspecified atom stereocenters. The molecule has 2 aromatic rings. The highest BCUT2D eigenvalue weighted by atomic mass is 35.5. The topological polar surface area (TPSA) is 86.8 Å². The molecule has 2 rings (SSSR count). The zero-order valence-corrected chi connectivity index (χ0v) is 24.4. The van der Waals surface area contributed by atoms with Crippen LogP contribution in [0.1, 0.15) is 51.2 Å². The van der Waals surface area contributed by atoms with Crippen molar-refractivity contribution >= 4 is 50.7 Å². The molecule has 2 amide bonds. The van der Waals surface area contributed by atoms with Gasteiger partial charge in [-0.15, -0.1) is 0 Å². The summed E-state index contributed by atoms with van der Waals surface area (Å²) in [4.78, 5) is 27.5. The Kier molecular flexibility index (Phi) is 11.5. The Labute approximate surface area is 237 Å². The van der Waals surface area contributed by atoms with Crippen molar-refractivity contribution in [1.29, 1.82) is 0 Å². The van der Waals surface area contributed by atoms with Crippen LogP contribution in [0, 0.1) is 0 Å². The lowest BCUT2D eigenvalue weighted by Crippen LogP contribution is -2.49. The molecule has 0 aliphatic heterocycles. The van der Waals surface area contributed by atoms with E-state index in [1.807, 2.05) is 13.8 Å². The van der Waals surface area contributed by atoms with Crippen LogP contribution in [0.5, 0.6) is 0 Å². The normalized spacial score (nSPS) is 13.5. The van der Waals surface area contributed by atoms with Crippen LogP contribution in [0.25, 0.3) is 0 Å². The van der Waals surface area contributed by atoms with Crippen LogP contribution in [-0.2, 0) is 32.3 Å². The summed E-state index contributed by atoms with van der Waals surface area (Å²) in [5.41, 5.74) is -0.595. The maximum Gasteiger partial charge on any atom is 0.416 e. The van der Waals surface area contributed by atoms with Gasteiger partial charge in [0.05, 0.1) is 17.5 Å². The minimum Gasteiger partial charge on any atom is -0.352 e. The van der Waals surface area contributed by atoms with E-state index >= 15 is 0 Å². The van der Waals surface area contributed by atoms with E-state index in [1.54, 1.807) is 19.1 Å². The number of nitrogens with one attached hydrogen (secondary N) is 1. The summed E-state index contributed by atoms with van der Waals surface area (Å²) in [6, 6.07) is 7.74. The van der Waals surface area contributed by atoms with E-state index in [2.05, 4.69) is 5.32 Å². The van der Waals surface area contributed by atoms with Gasteiger partial charge < -0.3 is 10.2 Å². The number of alkyl halides is 3. The lowest BCUT2D eigenvalue weighted by atomic mass is 10.1. The highest BCUT2D eigenvalue weighted by molar-refractivity contribution is 7.92. The number of carbonyl (C=O) groups excluding carboxylic acids is 2. The van der Waals surface area contributed by atoms with Crippen molar-refractivity contribution < 1.29 is 31.2 Å². The summed E-state index contributed by atoms with van der Waals surface area (Å²) >= 11 is 12.3. The molecule has 1 N–H and O–H groups in total. The Morgan fingerprint density at radius 2 is 1.74 bits per heavy atom. The Bertz CT molecular complexity index is 1280. The van der Waals surface area contributed by atoms with Crippen LogP contribution in [-0.4, -0.2) is 50.0 Å². The van der Waals surface area contributed by atoms with Gasteiger partial charge in [0.1, 0.15) is 6.04 Å². The van der Waals surface area contributed by atoms with Gasteiger partial charge in [0.25, 0.3) is 0 Å². The average Bonchev–Trinajstić information content (AvgIpc) is 2.84. The van der Waals surface area contributed by atoms with Gasteiger partial charge >= 0.3 is 6.18 Å².